The molecule has 2 heterocycles. The minimum Gasteiger partial charge on any atom is -0.481 e. The van der Waals surface area contributed by atoms with E-state index in [0.717, 1.165) is 12.1 Å². The van der Waals surface area contributed by atoms with Crippen LogP contribution in [0.25, 0.3) is 0 Å². The molecule has 1 N–H and O–H groups in total. The van der Waals surface area contributed by atoms with E-state index in [1.54, 1.807) is 0 Å². The molecule has 0 spiro atoms. The minimum absolute atomic E-state index is 0.0206. The molecule has 1 aromatic heterocycles. The Morgan fingerprint density at radius 1 is 1.61 bits per heavy atom. The Morgan fingerprint density at radius 3 is 2.72 bits per heavy atom. The largest absolute Gasteiger partial charge is 0.481 e. The number of hydrogen-bond donors (Lipinski definition) is 1. The molecule has 0 aromatic carbocycles. The van der Waals surface area contributed by atoms with Gasteiger partial charge in [-0.15, -0.1) is 11.3 Å². The van der Waals surface area contributed by atoms with Crippen molar-refractivity contribution in [3.8, 4) is 0 Å². The standard InChI is InChI=1S/C12H15Cl2NO2S/c1-6-8(12(16)17)3-4-15(6)7(2)9-5-10(13)18-11(9)14/h5-8H,3-4H2,1-2H3,(H,16,17). The van der Waals surface area contributed by atoms with Crippen molar-refractivity contribution in [1.29, 1.82) is 0 Å². The quantitative estimate of drug-likeness (QED) is 0.920. The molecule has 1 saturated heterocycles. The average Bonchev–Trinajstić information content (AvgIpc) is 2.81. The molecule has 1 aliphatic heterocycles. The van der Waals surface area contributed by atoms with Gasteiger partial charge in [0.05, 0.1) is 14.6 Å². The lowest BCUT2D eigenvalue weighted by Crippen LogP contribution is -2.34. The number of carboxylic acid groups (broad SMARTS) is 1. The first-order chi connectivity index (χ1) is 8.41. The highest BCUT2D eigenvalue weighted by Crippen LogP contribution is 2.40. The van der Waals surface area contributed by atoms with E-state index in [0.29, 0.717) is 15.1 Å². The molecule has 0 amide bonds. The molecule has 1 fully saturated rings. The number of aliphatic carboxylic acids is 1. The SMILES string of the molecule is CC(c1cc(Cl)sc1Cl)N1CCC(C(=O)O)C1C. The summed E-state index contributed by atoms with van der Waals surface area (Å²) in [6.45, 7) is 4.79. The molecule has 18 heavy (non-hydrogen) atoms. The summed E-state index contributed by atoms with van der Waals surface area (Å²) in [6, 6.07) is 1.99. The predicted octanol–water partition coefficient (Wildman–Crippen LogP) is 3.91. The second kappa shape index (κ2) is 5.37. The van der Waals surface area contributed by atoms with Crippen LogP contribution in [-0.2, 0) is 4.79 Å². The van der Waals surface area contributed by atoms with Crippen molar-refractivity contribution < 1.29 is 9.90 Å². The van der Waals surface area contributed by atoms with Crippen LogP contribution in [0.15, 0.2) is 6.07 Å². The smallest absolute Gasteiger partial charge is 0.308 e. The van der Waals surface area contributed by atoms with Crippen LogP contribution in [0, 0.1) is 5.92 Å². The van der Waals surface area contributed by atoms with E-state index in [1.807, 2.05) is 19.9 Å². The monoisotopic (exact) mass is 307 g/mol. The van der Waals surface area contributed by atoms with E-state index in [9.17, 15) is 4.79 Å². The zero-order chi connectivity index (χ0) is 13.4. The molecule has 0 bridgehead atoms. The maximum absolute atomic E-state index is 11.1. The molecule has 0 radical (unpaired) electrons. The fourth-order valence-corrected chi connectivity index (χ4v) is 4.29. The molecular formula is C12H15Cl2NO2S. The Kier molecular flexibility index (Phi) is 4.22. The van der Waals surface area contributed by atoms with Crippen molar-refractivity contribution in [1.82, 2.24) is 4.90 Å². The first-order valence-electron chi connectivity index (χ1n) is 5.85. The summed E-state index contributed by atoms with van der Waals surface area (Å²) in [7, 11) is 0. The summed E-state index contributed by atoms with van der Waals surface area (Å²) in [5, 5.41) is 9.14. The highest BCUT2D eigenvalue weighted by Gasteiger charge is 2.38. The van der Waals surface area contributed by atoms with Crippen molar-refractivity contribution in [2.75, 3.05) is 6.54 Å². The number of nitrogens with zero attached hydrogens (tertiary/aromatic N) is 1. The second-order valence-electron chi connectivity index (χ2n) is 4.67. The fraction of sp³-hybridized carbons (Fsp3) is 0.583. The van der Waals surface area contributed by atoms with Gasteiger partial charge >= 0.3 is 5.97 Å². The zero-order valence-corrected chi connectivity index (χ0v) is 12.5. The van der Waals surface area contributed by atoms with E-state index < -0.39 is 5.97 Å². The minimum atomic E-state index is -0.716. The third-order valence-corrected chi connectivity index (χ3v) is 5.27. The molecule has 0 saturated carbocycles. The lowest BCUT2D eigenvalue weighted by Gasteiger charge is -2.29. The summed E-state index contributed by atoms with van der Waals surface area (Å²) in [5.41, 5.74) is 0.990. The molecule has 3 atom stereocenters. The van der Waals surface area contributed by atoms with E-state index in [4.69, 9.17) is 28.3 Å². The third-order valence-electron chi connectivity index (χ3n) is 3.75. The maximum atomic E-state index is 11.1. The molecule has 1 aliphatic rings. The number of halogens is 2. The number of hydrogen-bond acceptors (Lipinski definition) is 3. The van der Waals surface area contributed by atoms with Crippen LogP contribution >= 0.6 is 34.5 Å². The first kappa shape index (κ1) is 14.1. The van der Waals surface area contributed by atoms with Gasteiger partial charge in [-0.25, -0.2) is 0 Å². The molecule has 3 unspecified atom stereocenters. The molecular weight excluding hydrogens is 293 g/mol. The second-order valence-corrected chi connectivity index (χ2v) is 6.95. The van der Waals surface area contributed by atoms with Crippen LogP contribution in [0.3, 0.4) is 0 Å². The van der Waals surface area contributed by atoms with Crippen LogP contribution in [0.4, 0.5) is 0 Å². The Bertz CT molecular complexity index is 463. The first-order valence-corrected chi connectivity index (χ1v) is 7.42. The molecule has 2 rings (SSSR count). The lowest BCUT2D eigenvalue weighted by molar-refractivity contribution is -0.142. The average molecular weight is 308 g/mol. The Balaban J connectivity index is 2.18. The number of carboxylic acids is 1. The van der Waals surface area contributed by atoms with Gasteiger partial charge in [-0.2, -0.15) is 0 Å². The van der Waals surface area contributed by atoms with Gasteiger partial charge in [-0.3, -0.25) is 9.69 Å². The van der Waals surface area contributed by atoms with Gasteiger partial charge in [0.25, 0.3) is 0 Å². The maximum Gasteiger partial charge on any atom is 0.308 e. The molecule has 0 aliphatic carbocycles. The van der Waals surface area contributed by atoms with Crippen LogP contribution in [0.2, 0.25) is 8.67 Å². The van der Waals surface area contributed by atoms with Crippen molar-refractivity contribution in [2.45, 2.75) is 32.4 Å². The van der Waals surface area contributed by atoms with Crippen LogP contribution in [0.5, 0.6) is 0 Å². The highest BCUT2D eigenvalue weighted by molar-refractivity contribution is 7.20. The zero-order valence-electron chi connectivity index (χ0n) is 10.2. The van der Waals surface area contributed by atoms with Crippen LogP contribution in [0.1, 0.15) is 31.9 Å². The topological polar surface area (TPSA) is 40.5 Å². The van der Waals surface area contributed by atoms with Crippen molar-refractivity contribution in [3.63, 3.8) is 0 Å². The Labute approximate surface area is 120 Å². The number of carbonyl (C=O) groups is 1. The van der Waals surface area contributed by atoms with E-state index in [-0.39, 0.29) is 18.0 Å². The van der Waals surface area contributed by atoms with E-state index in [1.165, 1.54) is 11.3 Å². The third kappa shape index (κ3) is 2.52. The Hall–Kier alpha value is -0.290. The van der Waals surface area contributed by atoms with Crippen LogP contribution in [-0.4, -0.2) is 28.6 Å². The van der Waals surface area contributed by atoms with Gasteiger partial charge in [-0.05, 0) is 32.9 Å². The summed E-state index contributed by atoms with van der Waals surface area (Å²) in [4.78, 5) is 13.3. The molecule has 1 aromatic rings. The Morgan fingerprint density at radius 2 is 2.28 bits per heavy atom. The number of likely N-dealkylation sites (tertiary alicyclic amines) is 1. The van der Waals surface area contributed by atoms with E-state index in [2.05, 4.69) is 4.90 Å². The van der Waals surface area contributed by atoms with Gasteiger partial charge in [0.15, 0.2) is 0 Å². The molecule has 6 heteroatoms. The summed E-state index contributed by atoms with van der Waals surface area (Å²) < 4.78 is 1.36. The normalized spacial score (nSPS) is 26.4. The van der Waals surface area contributed by atoms with Gasteiger partial charge in [-0.1, -0.05) is 23.2 Å². The lowest BCUT2D eigenvalue weighted by atomic mass is 10.0. The molecule has 100 valence electrons. The van der Waals surface area contributed by atoms with E-state index >= 15 is 0 Å². The summed E-state index contributed by atoms with van der Waals surface area (Å²) in [6.07, 6.45) is 0.691. The summed E-state index contributed by atoms with van der Waals surface area (Å²) in [5.74, 6) is -1.01. The summed E-state index contributed by atoms with van der Waals surface area (Å²) >= 11 is 13.5. The number of thiophene rings is 1. The number of rotatable bonds is 3. The molecule has 3 nitrogen and oxygen atoms in total. The van der Waals surface area contributed by atoms with Gasteiger partial charge in [0.2, 0.25) is 0 Å². The fourth-order valence-electron chi connectivity index (χ4n) is 2.66. The van der Waals surface area contributed by atoms with Crippen LogP contribution < -0.4 is 0 Å². The van der Waals surface area contributed by atoms with Crippen molar-refractivity contribution >= 4 is 40.5 Å². The van der Waals surface area contributed by atoms with Gasteiger partial charge in [0, 0.05) is 17.6 Å². The highest BCUT2D eigenvalue weighted by atomic mass is 35.5. The van der Waals surface area contributed by atoms with Gasteiger partial charge in [0.1, 0.15) is 0 Å². The van der Waals surface area contributed by atoms with Crippen molar-refractivity contribution in [3.05, 3.63) is 20.3 Å². The van der Waals surface area contributed by atoms with Gasteiger partial charge < -0.3 is 5.11 Å². The van der Waals surface area contributed by atoms with Crippen molar-refractivity contribution in [2.24, 2.45) is 5.92 Å². The predicted molar refractivity (Wildman–Crippen MR) is 74.7 cm³/mol.